The molecule has 0 aliphatic heterocycles. The van der Waals surface area contributed by atoms with Crippen LogP contribution in [0.3, 0.4) is 0 Å². The van der Waals surface area contributed by atoms with Gasteiger partial charge in [0.05, 0.1) is 10.7 Å². The van der Waals surface area contributed by atoms with Crippen LogP contribution in [0.15, 0.2) is 18.2 Å². The van der Waals surface area contributed by atoms with Gasteiger partial charge in [-0.25, -0.2) is 0 Å². The minimum absolute atomic E-state index is 0.0478. The topological polar surface area (TPSA) is 46.2 Å². The highest BCUT2D eigenvalue weighted by molar-refractivity contribution is 6.36. The first-order valence-corrected chi connectivity index (χ1v) is 4.79. The molecule has 0 bridgehead atoms. The molecule has 17 heavy (non-hydrogen) atoms. The molecule has 0 aromatic heterocycles. The van der Waals surface area contributed by atoms with E-state index < -0.39 is 17.9 Å². The second-order valence-electron chi connectivity index (χ2n) is 3.18. The molecule has 0 saturated carbocycles. The summed E-state index contributed by atoms with van der Waals surface area (Å²) in [7, 11) is 0. The van der Waals surface area contributed by atoms with Crippen molar-refractivity contribution in [3.8, 4) is 0 Å². The lowest BCUT2D eigenvalue weighted by Crippen LogP contribution is -2.30. The number of carbonyl (C=O) groups is 2. The molecule has 0 fully saturated rings. The van der Waals surface area contributed by atoms with Gasteiger partial charge in [-0.2, -0.15) is 13.2 Å². The van der Waals surface area contributed by atoms with Crippen LogP contribution in [0, 0.1) is 0 Å². The summed E-state index contributed by atoms with van der Waals surface area (Å²) >= 11 is 5.70. The monoisotopic (exact) mass is 265 g/mol. The number of halogens is 4. The summed E-state index contributed by atoms with van der Waals surface area (Å²) in [4.78, 5) is 21.8. The van der Waals surface area contributed by atoms with Crippen LogP contribution >= 0.6 is 11.6 Å². The van der Waals surface area contributed by atoms with E-state index in [0.29, 0.717) is 0 Å². The van der Waals surface area contributed by atoms with Crippen molar-refractivity contribution in [2.24, 2.45) is 0 Å². The number of anilines is 1. The van der Waals surface area contributed by atoms with E-state index in [9.17, 15) is 22.8 Å². The lowest BCUT2D eigenvalue weighted by molar-refractivity contribution is -0.167. The molecule has 0 unspecified atom stereocenters. The van der Waals surface area contributed by atoms with Crippen LogP contribution in [-0.2, 0) is 4.79 Å². The van der Waals surface area contributed by atoms with Crippen LogP contribution in [0.4, 0.5) is 18.9 Å². The highest BCUT2D eigenvalue weighted by Crippen LogP contribution is 2.28. The Morgan fingerprint density at radius 3 is 2.35 bits per heavy atom. The Morgan fingerprint density at radius 2 is 1.88 bits per heavy atom. The molecule has 0 heterocycles. The van der Waals surface area contributed by atoms with Crippen LogP contribution in [0.2, 0.25) is 5.02 Å². The predicted octanol–water partition coefficient (Wildman–Crippen LogP) is 3.04. The Labute approximate surface area is 99.6 Å². The number of Topliss-reactive ketones (excluding diaryl/α,β-unsaturated/α-hetero) is 1. The van der Waals surface area contributed by atoms with Gasteiger partial charge < -0.3 is 5.32 Å². The van der Waals surface area contributed by atoms with E-state index in [1.54, 1.807) is 5.32 Å². The van der Waals surface area contributed by atoms with Crippen molar-refractivity contribution < 1.29 is 22.8 Å². The van der Waals surface area contributed by atoms with E-state index in [-0.39, 0.29) is 16.3 Å². The molecule has 0 aliphatic carbocycles. The summed E-state index contributed by atoms with van der Waals surface area (Å²) in [5.41, 5.74) is -0.201. The molecule has 92 valence electrons. The third-order valence-electron chi connectivity index (χ3n) is 1.88. The van der Waals surface area contributed by atoms with E-state index in [1.807, 2.05) is 0 Å². The third kappa shape index (κ3) is 3.20. The van der Waals surface area contributed by atoms with Gasteiger partial charge in [-0.1, -0.05) is 17.7 Å². The molecule has 1 aromatic carbocycles. The molecule has 1 amide bonds. The van der Waals surface area contributed by atoms with Gasteiger partial charge in [-0.3, -0.25) is 9.59 Å². The van der Waals surface area contributed by atoms with Crippen molar-refractivity contribution in [3.63, 3.8) is 0 Å². The first-order valence-electron chi connectivity index (χ1n) is 4.41. The normalized spacial score (nSPS) is 11.1. The molecular weight excluding hydrogens is 259 g/mol. The lowest BCUT2D eigenvalue weighted by Gasteiger charge is -2.10. The van der Waals surface area contributed by atoms with Gasteiger partial charge >= 0.3 is 12.1 Å². The standard InChI is InChI=1S/C10H7ClF3NO2/c1-5(16)6-3-2-4-7(8(6)11)15-9(17)10(12,13)14/h2-4H,1H3,(H,15,17). The maximum absolute atomic E-state index is 12.0. The molecule has 0 radical (unpaired) electrons. The summed E-state index contributed by atoms with van der Waals surface area (Å²) in [6.45, 7) is 1.22. The summed E-state index contributed by atoms with van der Waals surface area (Å²) in [5, 5.41) is 1.39. The second-order valence-corrected chi connectivity index (χ2v) is 3.55. The Kier molecular flexibility index (Phi) is 3.77. The Bertz CT molecular complexity index is 471. The predicted molar refractivity (Wildman–Crippen MR) is 56.1 cm³/mol. The molecule has 0 saturated heterocycles. The smallest absolute Gasteiger partial charge is 0.317 e. The van der Waals surface area contributed by atoms with Crippen molar-refractivity contribution in [1.29, 1.82) is 0 Å². The zero-order valence-electron chi connectivity index (χ0n) is 8.56. The fourth-order valence-electron chi connectivity index (χ4n) is 1.09. The first-order chi connectivity index (χ1) is 7.73. The number of amides is 1. The summed E-state index contributed by atoms with van der Waals surface area (Å²) in [5.74, 6) is -2.54. The van der Waals surface area contributed by atoms with Crippen LogP contribution < -0.4 is 5.32 Å². The van der Waals surface area contributed by atoms with Gasteiger partial charge in [-0.15, -0.1) is 0 Å². The molecule has 1 aromatic rings. The molecule has 0 spiro atoms. The molecule has 7 heteroatoms. The fraction of sp³-hybridized carbons (Fsp3) is 0.200. The average molecular weight is 266 g/mol. The zero-order valence-corrected chi connectivity index (χ0v) is 9.32. The minimum atomic E-state index is -5.00. The van der Waals surface area contributed by atoms with Crippen molar-refractivity contribution in [1.82, 2.24) is 0 Å². The van der Waals surface area contributed by atoms with Crippen LogP contribution in [0.1, 0.15) is 17.3 Å². The van der Waals surface area contributed by atoms with Crippen molar-refractivity contribution in [2.75, 3.05) is 5.32 Å². The summed E-state index contributed by atoms with van der Waals surface area (Å²) in [6, 6.07) is 3.86. The fourth-order valence-corrected chi connectivity index (χ4v) is 1.40. The first kappa shape index (κ1) is 13.5. The molecule has 3 nitrogen and oxygen atoms in total. The van der Waals surface area contributed by atoms with Gasteiger partial charge in [-0.05, 0) is 19.1 Å². The molecule has 1 rings (SSSR count). The Balaban J connectivity index is 3.05. The van der Waals surface area contributed by atoms with Crippen molar-refractivity contribution >= 4 is 29.0 Å². The number of carbonyl (C=O) groups excluding carboxylic acids is 2. The maximum atomic E-state index is 12.0. The van der Waals surface area contributed by atoms with Gasteiger partial charge in [0.25, 0.3) is 0 Å². The quantitative estimate of drug-likeness (QED) is 0.836. The third-order valence-corrected chi connectivity index (χ3v) is 2.29. The average Bonchev–Trinajstić information content (AvgIpc) is 2.19. The highest BCUT2D eigenvalue weighted by Gasteiger charge is 2.39. The minimum Gasteiger partial charge on any atom is -0.317 e. The number of ketones is 1. The van der Waals surface area contributed by atoms with E-state index in [0.717, 1.165) is 0 Å². The lowest BCUT2D eigenvalue weighted by atomic mass is 10.1. The summed E-state index contributed by atoms with van der Waals surface area (Å²) < 4.78 is 36.0. The van der Waals surface area contributed by atoms with Crippen molar-refractivity contribution in [3.05, 3.63) is 28.8 Å². The summed E-state index contributed by atoms with van der Waals surface area (Å²) in [6.07, 6.45) is -5.00. The van der Waals surface area contributed by atoms with Gasteiger partial charge in [0, 0.05) is 5.56 Å². The number of rotatable bonds is 2. The Morgan fingerprint density at radius 1 is 1.29 bits per heavy atom. The van der Waals surface area contributed by atoms with Crippen LogP contribution in [0.5, 0.6) is 0 Å². The van der Waals surface area contributed by atoms with Gasteiger partial charge in [0.1, 0.15) is 0 Å². The second kappa shape index (κ2) is 4.75. The molecule has 0 aliphatic rings. The zero-order chi connectivity index (χ0) is 13.2. The molecular formula is C10H7ClF3NO2. The largest absolute Gasteiger partial charge is 0.471 e. The van der Waals surface area contributed by atoms with E-state index in [4.69, 9.17) is 11.6 Å². The van der Waals surface area contributed by atoms with Crippen molar-refractivity contribution in [2.45, 2.75) is 13.1 Å². The number of hydrogen-bond donors (Lipinski definition) is 1. The molecule has 0 atom stereocenters. The van der Waals surface area contributed by atoms with E-state index >= 15 is 0 Å². The van der Waals surface area contributed by atoms with E-state index in [2.05, 4.69) is 0 Å². The number of alkyl halides is 3. The van der Waals surface area contributed by atoms with Gasteiger partial charge in [0.15, 0.2) is 5.78 Å². The van der Waals surface area contributed by atoms with Gasteiger partial charge in [0.2, 0.25) is 0 Å². The highest BCUT2D eigenvalue weighted by atomic mass is 35.5. The maximum Gasteiger partial charge on any atom is 0.471 e. The van der Waals surface area contributed by atoms with Crippen LogP contribution in [0.25, 0.3) is 0 Å². The number of hydrogen-bond acceptors (Lipinski definition) is 2. The van der Waals surface area contributed by atoms with E-state index in [1.165, 1.54) is 25.1 Å². The number of benzene rings is 1. The van der Waals surface area contributed by atoms with Crippen LogP contribution in [-0.4, -0.2) is 17.9 Å². The molecule has 1 N–H and O–H groups in total. The number of nitrogens with one attached hydrogen (secondary N) is 1. The Hall–Kier alpha value is -1.56. The SMILES string of the molecule is CC(=O)c1cccc(NC(=O)C(F)(F)F)c1Cl.